The van der Waals surface area contributed by atoms with Crippen LogP contribution in [0.4, 0.5) is 0 Å². The first-order valence-corrected chi connectivity index (χ1v) is 8.71. The van der Waals surface area contributed by atoms with Gasteiger partial charge in [0.1, 0.15) is 5.82 Å². The van der Waals surface area contributed by atoms with Gasteiger partial charge in [0.05, 0.1) is 27.7 Å². The number of nitrogens with one attached hydrogen (secondary N) is 1. The Morgan fingerprint density at radius 2 is 2.00 bits per heavy atom. The molecule has 0 aliphatic carbocycles. The summed E-state index contributed by atoms with van der Waals surface area (Å²) in [6, 6.07) is 13.1. The summed E-state index contributed by atoms with van der Waals surface area (Å²) in [5, 5.41) is 1.91. The number of hydrogen-bond acceptors (Lipinski definition) is 4. The molecule has 7 heteroatoms. The van der Waals surface area contributed by atoms with E-state index in [4.69, 9.17) is 11.6 Å². The topological polar surface area (TPSA) is 63.6 Å². The highest BCUT2D eigenvalue weighted by atomic mass is 35.5. The summed E-state index contributed by atoms with van der Waals surface area (Å²) >= 11 is 7.47. The molecule has 24 heavy (non-hydrogen) atoms. The maximum absolute atomic E-state index is 12.2. The van der Waals surface area contributed by atoms with E-state index in [0.29, 0.717) is 27.5 Å². The molecular weight excluding hydrogens is 344 g/mol. The van der Waals surface area contributed by atoms with Crippen LogP contribution < -0.4 is 5.56 Å². The van der Waals surface area contributed by atoms with E-state index in [0.717, 1.165) is 16.2 Å². The minimum atomic E-state index is -0.178. The quantitative estimate of drug-likeness (QED) is 0.568. The van der Waals surface area contributed by atoms with Gasteiger partial charge in [0, 0.05) is 12.1 Å². The highest BCUT2D eigenvalue weighted by Crippen LogP contribution is 2.25. The number of aromatic nitrogens is 4. The predicted octanol–water partition coefficient (Wildman–Crippen LogP) is 3.76. The number of fused-ring (bicyclic) bond motifs is 2. The van der Waals surface area contributed by atoms with Gasteiger partial charge in [0.15, 0.2) is 5.16 Å². The average molecular weight is 357 g/mol. The Morgan fingerprint density at radius 1 is 1.17 bits per heavy atom. The van der Waals surface area contributed by atoms with E-state index in [-0.39, 0.29) is 5.56 Å². The molecule has 2 aromatic heterocycles. The van der Waals surface area contributed by atoms with Gasteiger partial charge < -0.3 is 9.55 Å². The fourth-order valence-corrected chi connectivity index (χ4v) is 3.64. The molecule has 2 aromatic carbocycles. The molecule has 0 unspecified atom stereocenters. The van der Waals surface area contributed by atoms with Crippen molar-refractivity contribution in [3.05, 3.63) is 63.7 Å². The van der Waals surface area contributed by atoms with Crippen molar-refractivity contribution in [2.24, 2.45) is 7.05 Å². The fourth-order valence-electron chi connectivity index (χ4n) is 2.61. The number of thioether (sulfide) groups is 1. The molecule has 2 heterocycles. The van der Waals surface area contributed by atoms with Crippen molar-refractivity contribution in [2.75, 3.05) is 0 Å². The summed E-state index contributed by atoms with van der Waals surface area (Å²) in [6.45, 7) is 0. The summed E-state index contributed by atoms with van der Waals surface area (Å²) in [7, 11) is 1.98. The highest BCUT2D eigenvalue weighted by Gasteiger charge is 2.10. The van der Waals surface area contributed by atoms with Crippen LogP contribution in [0.2, 0.25) is 5.02 Å². The lowest BCUT2D eigenvalue weighted by Gasteiger charge is -2.04. The molecule has 0 saturated carbocycles. The van der Waals surface area contributed by atoms with Gasteiger partial charge in [-0.05, 0) is 30.3 Å². The Labute approximate surface area is 146 Å². The standard InChI is InChI=1S/C17H13ClN4OS/c1-22-14-5-3-2-4-13(14)20-17(22)24-9-15-19-12-7-6-10(18)8-11(12)16(23)21-15/h2-8H,9H2,1H3,(H,19,21,23). The number of rotatable bonds is 3. The summed E-state index contributed by atoms with van der Waals surface area (Å²) < 4.78 is 2.04. The molecular formula is C17H13ClN4OS. The van der Waals surface area contributed by atoms with Gasteiger partial charge in [-0.1, -0.05) is 35.5 Å². The average Bonchev–Trinajstić information content (AvgIpc) is 2.90. The Balaban J connectivity index is 1.65. The molecule has 0 spiro atoms. The molecule has 4 aromatic rings. The van der Waals surface area contributed by atoms with Crippen LogP contribution in [0, 0.1) is 0 Å². The zero-order chi connectivity index (χ0) is 16.7. The van der Waals surface area contributed by atoms with Crippen molar-refractivity contribution in [1.29, 1.82) is 0 Å². The van der Waals surface area contributed by atoms with Gasteiger partial charge in [-0.2, -0.15) is 0 Å². The van der Waals surface area contributed by atoms with Gasteiger partial charge in [0.25, 0.3) is 5.56 Å². The monoisotopic (exact) mass is 356 g/mol. The van der Waals surface area contributed by atoms with Crippen molar-refractivity contribution in [1.82, 2.24) is 19.5 Å². The molecule has 0 saturated heterocycles. The van der Waals surface area contributed by atoms with Crippen LogP contribution in [0.5, 0.6) is 0 Å². The van der Waals surface area contributed by atoms with Gasteiger partial charge in [-0.3, -0.25) is 4.79 Å². The second-order valence-electron chi connectivity index (χ2n) is 5.40. The first kappa shape index (κ1) is 15.2. The number of aromatic amines is 1. The van der Waals surface area contributed by atoms with E-state index in [1.54, 1.807) is 18.2 Å². The smallest absolute Gasteiger partial charge is 0.258 e. The normalized spacial score (nSPS) is 11.4. The molecule has 4 rings (SSSR count). The summed E-state index contributed by atoms with van der Waals surface area (Å²) in [5.41, 5.74) is 2.50. The fraction of sp³-hybridized carbons (Fsp3) is 0.118. The van der Waals surface area contributed by atoms with Crippen molar-refractivity contribution in [2.45, 2.75) is 10.9 Å². The van der Waals surface area contributed by atoms with E-state index in [1.807, 2.05) is 35.9 Å². The Morgan fingerprint density at radius 3 is 2.83 bits per heavy atom. The molecule has 0 bridgehead atoms. The number of nitrogens with zero attached hydrogens (tertiary/aromatic N) is 3. The van der Waals surface area contributed by atoms with Crippen LogP contribution >= 0.6 is 23.4 Å². The summed E-state index contributed by atoms with van der Waals surface area (Å²) in [5.74, 6) is 1.15. The minimum absolute atomic E-state index is 0.178. The van der Waals surface area contributed by atoms with Crippen molar-refractivity contribution in [3.63, 3.8) is 0 Å². The number of imidazole rings is 1. The number of halogens is 1. The third kappa shape index (κ3) is 2.68. The first-order chi connectivity index (χ1) is 11.6. The van der Waals surface area contributed by atoms with E-state index in [1.165, 1.54) is 11.8 Å². The third-order valence-electron chi connectivity index (χ3n) is 3.80. The Hall–Kier alpha value is -2.31. The summed E-state index contributed by atoms with van der Waals surface area (Å²) in [4.78, 5) is 24.1. The lowest BCUT2D eigenvalue weighted by Crippen LogP contribution is -2.11. The molecule has 0 amide bonds. The molecule has 0 fully saturated rings. The van der Waals surface area contributed by atoms with Crippen LogP contribution in [0.15, 0.2) is 52.4 Å². The van der Waals surface area contributed by atoms with E-state index >= 15 is 0 Å². The number of aryl methyl sites for hydroxylation is 1. The van der Waals surface area contributed by atoms with Crippen molar-refractivity contribution >= 4 is 45.3 Å². The second kappa shape index (κ2) is 5.96. The number of para-hydroxylation sites is 2. The Bertz CT molecular complexity index is 1120. The first-order valence-electron chi connectivity index (χ1n) is 7.34. The van der Waals surface area contributed by atoms with Crippen LogP contribution in [0.25, 0.3) is 21.9 Å². The maximum Gasteiger partial charge on any atom is 0.258 e. The lowest BCUT2D eigenvalue weighted by molar-refractivity contribution is 0.814. The van der Waals surface area contributed by atoms with Gasteiger partial charge in [-0.15, -0.1) is 0 Å². The molecule has 0 radical (unpaired) electrons. The van der Waals surface area contributed by atoms with Gasteiger partial charge in [0.2, 0.25) is 0 Å². The maximum atomic E-state index is 12.2. The van der Waals surface area contributed by atoms with Gasteiger partial charge >= 0.3 is 0 Å². The van der Waals surface area contributed by atoms with Crippen LogP contribution in [0.3, 0.4) is 0 Å². The van der Waals surface area contributed by atoms with Crippen molar-refractivity contribution in [3.8, 4) is 0 Å². The molecule has 5 nitrogen and oxygen atoms in total. The number of H-pyrrole nitrogens is 1. The third-order valence-corrected chi connectivity index (χ3v) is 5.08. The number of benzene rings is 2. The summed E-state index contributed by atoms with van der Waals surface area (Å²) in [6.07, 6.45) is 0. The van der Waals surface area contributed by atoms with E-state index in [9.17, 15) is 4.79 Å². The predicted molar refractivity (Wildman–Crippen MR) is 97.6 cm³/mol. The molecule has 1 N–H and O–H groups in total. The van der Waals surface area contributed by atoms with Crippen molar-refractivity contribution < 1.29 is 0 Å². The van der Waals surface area contributed by atoms with E-state index in [2.05, 4.69) is 15.0 Å². The molecule has 120 valence electrons. The molecule has 0 aliphatic rings. The zero-order valence-corrected chi connectivity index (χ0v) is 14.4. The zero-order valence-electron chi connectivity index (χ0n) is 12.8. The van der Waals surface area contributed by atoms with Gasteiger partial charge in [-0.25, -0.2) is 9.97 Å². The largest absolute Gasteiger partial charge is 0.322 e. The SMILES string of the molecule is Cn1c(SCc2nc3ccc(Cl)cc3c(=O)[nH]2)nc2ccccc21. The molecule has 0 atom stereocenters. The van der Waals surface area contributed by atoms with E-state index < -0.39 is 0 Å². The van der Waals surface area contributed by atoms with Crippen LogP contribution in [0.1, 0.15) is 5.82 Å². The minimum Gasteiger partial charge on any atom is -0.322 e. The Kier molecular flexibility index (Phi) is 3.78. The molecule has 0 aliphatic heterocycles. The highest BCUT2D eigenvalue weighted by molar-refractivity contribution is 7.98. The lowest BCUT2D eigenvalue weighted by atomic mass is 10.2. The van der Waals surface area contributed by atoms with Crippen LogP contribution in [-0.4, -0.2) is 19.5 Å². The second-order valence-corrected chi connectivity index (χ2v) is 6.78. The van der Waals surface area contributed by atoms with Crippen LogP contribution in [-0.2, 0) is 12.8 Å². The number of hydrogen-bond donors (Lipinski definition) is 1.